The van der Waals surface area contributed by atoms with Gasteiger partial charge in [-0.3, -0.25) is 0 Å². The van der Waals surface area contributed by atoms with Crippen LogP contribution in [0, 0.1) is 0 Å². The number of carbonyl (C=O) groups is 1. The summed E-state index contributed by atoms with van der Waals surface area (Å²) in [6.07, 6.45) is 3.22. The van der Waals surface area contributed by atoms with Crippen molar-refractivity contribution in [1.82, 2.24) is 9.19 Å². The summed E-state index contributed by atoms with van der Waals surface area (Å²) < 4.78 is 6.77. The molecule has 1 aromatic heterocycles. The molecule has 1 aromatic carbocycles. The lowest BCUT2D eigenvalue weighted by atomic mass is 10.0. The van der Waals surface area contributed by atoms with Gasteiger partial charge < -0.3 is 9.84 Å². The molecule has 2 rings (SSSR count). The van der Waals surface area contributed by atoms with Crippen molar-refractivity contribution in [3.63, 3.8) is 0 Å². The van der Waals surface area contributed by atoms with Crippen molar-refractivity contribution < 1.29 is 14.6 Å². The fourth-order valence-corrected chi connectivity index (χ4v) is 1.83. The van der Waals surface area contributed by atoms with Crippen LogP contribution in [0.4, 0.5) is 0 Å². The zero-order chi connectivity index (χ0) is 13.8. The number of hydrogen-bond donors (Lipinski definition) is 2. The molecular weight excluding hydrogens is 264 g/mol. The first kappa shape index (κ1) is 13.2. The maximum absolute atomic E-state index is 11.2. The molecule has 2 aromatic rings. The Kier molecular flexibility index (Phi) is 3.91. The van der Waals surface area contributed by atoms with E-state index in [9.17, 15) is 4.79 Å². The molecule has 0 aliphatic heterocycles. The van der Waals surface area contributed by atoms with Crippen molar-refractivity contribution in [2.24, 2.45) is 0 Å². The molecular formula is C13H12N2O3S. The molecule has 1 heterocycles. The molecule has 0 bridgehead atoms. The highest BCUT2D eigenvalue weighted by atomic mass is 32.1. The van der Waals surface area contributed by atoms with Gasteiger partial charge in [-0.15, -0.1) is 5.10 Å². The predicted molar refractivity (Wildman–Crippen MR) is 74.4 cm³/mol. The fourth-order valence-electron chi connectivity index (χ4n) is 1.68. The monoisotopic (exact) mass is 276 g/mol. The van der Waals surface area contributed by atoms with E-state index in [1.165, 1.54) is 10.2 Å². The van der Waals surface area contributed by atoms with E-state index < -0.39 is 5.97 Å². The summed E-state index contributed by atoms with van der Waals surface area (Å²) in [4.78, 5) is 11.2. The van der Waals surface area contributed by atoms with Crippen LogP contribution >= 0.6 is 12.8 Å². The molecule has 0 aliphatic carbocycles. The molecule has 0 unspecified atom stereocenters. The highest BCUT2D eigenvalue weighted by Crippen LogP contribution is 2.19. The van der Waals surface area contributed by atoms with Gasteiger partial charge in [-0.25, -0.2) is 8.88 Å². The smallest absolute Gasteiger partial charge is 0.336 e. The first-order valence-electron chi connectivity index (χ1n) is 5.47. The number of thiol groups is 1. The summed E-state index contributed by atoms with van der Waals surface area (Å²) in [5.41, 5.74) is 1.49. The van der Waals surface area contributed by atoms with Gasteiger partial charge in [-0.05, 0) is 24.4 Å². The van der Waals surface area contributed by atoms with E-state index >= 15 is 0 Å². The molecule has 1 N–H and O–H groups in total. The lowest BCUT2D eigenvalue weighted by Crippen LogP contribution is -2.07. The quantitative estimate of drug-likeness (QED) is 0.824. The Bertz CT molecular complexity index is 622. The van der Waals surface area contributed by atoms with E-state index in [2.05, 4.69) is 24.5 Å². The van der Waals surface area contributed by atoms with Crippen LogP contribution < -0.4 is 4.74 Å². The number of carboxylic acids is 1. The Morgan fingerprint density at radius 3 is 2.89 bits per heavy atom. The molecule has 0 spiro atoms. The third-order valence-corrected chi connectivity index (χ3v) is 2.80. The van der Waals surface area contributed by atoms with E-state index in [-0.39, 0.29) is 12.2 Å². The van der Waals surface area contributed by atoms with Crippen molar-refractivity contribution in [1.29, 1.82) is 0 Å². The largest absolute Gasteiger partial charge is 0.478 e. The van der Waals surface area contributed by atoms with E-state index in [1.54, 1.807) is 30.5 Å². The summed E-state index contributed by atoms with van der Waals surface area (Å²) in [7, 11) is 0. The highest BCUT2D eigenvalue weighted by molar-refractivity contribution is 7.78. The summed E-state index contributed by atoms with van der Waals surface area (Å²) in [6.45, 7) is 3.78. The van der Waals surface area contributed by atoms with Gasteiger partial charge in [0, 0.05) is 17.8 Å². The van der Waals surface area contributed by atoms with Crippen LogP contribution in [0.5, 0.6) is 5.88 Å². The second-order valence-electron chi connectivity index (χ2n) is 3.75. The Labute approximate surface area is 115 Å². The topological polar surface area (TPSA) is 64.3 Å². The second kappa shape index (κ2) is 5.62. The SMILES string of the molecule is C=Cc1cccc(C(=O)O)c1COc1ccn(S)n1. The standard InChI is InChI=1S/C13H12N2O3S/c1-2-9-4-3-5-10(13(16)17)11(9)8-18-12-6-7-15(19)14-12/h2-7,19H,1,8H2,(H,16,17). The molecule has 5 nitrogen and oxygen atoms in total. The van der Waals surface area contributed by atoms with Crippen LogP contribution in [0.25, 0.3) is 6.08 Å². The molecule has 6 heteroatoms. The minimum absolute atomic E-state index is 0.106. The highest BCUT2D eigenvalue weighted by Gasteiger charge is 2.13. The number of nitrogens with zero attached hydrogens (tertiary/aromatic N) is 2. The van der Waals surface area contributed by atoms with E-state index in [0.717, 1.165) is 5.56 Å². The molecule has 98 valence electrons. The van der Waals surface area contributed by atoms with E-state index in [4.69, 9.17) is 9.84 Å². The second-order valence-corrected chi connectivity index (χ2v) is 4.16. The Hall–Kier alpha value is -2.21. The summed E-state index contributed by atoms with van der Waals surface area (Å²) >= 11 is 3.99. The minimum Gasteiger partial charge on any atom is -0.478 e. The lowest BCUT2D eigenvalue weighted by molar-refractivity contribution is 0.0694. The molecule has 0 atom stereocenters. The van der Waals surface area contributed by atoms with Crippen molar-refractivity contribution in [3.8, 4) is 5.88 Å². The van der Waals surface area contributed by atoms with E-state index in [0.29, 0.717) is 11.4 Å². The van der Waals surface area contributed by atoms with Gasteiger partial charge in [-0.2, -0.15) is 0 Å². The average molecular weight is 276 g/mol. The normalized spacial score (nSPS) is 10.2. The molecule has 0 saturated carbocycles. The summed E-state index contributed by atoms with van der Waals surface area (Å²) in [6, 6.07) is 6.64. The Morgan fingerprint density at radius 1 is 1.53 bits per heavy atom. The van der Waals surface area contributed by atoms with Crippen LogP contribution in [0.2, 0.25) is 0 Å². The first-order chi connectivity index (χ1) is 9.11. The summed E-state index contributed by atoms with van der Waals surface area (Å²) in [5, 5.41) is 13.1. The first-order valence-corrected chi connectivity index (χ1v) is 5.87. The zero-order valence-corrected chi connectivity index (χ0v) is 10.9. The number of aromatic nitrogens is 2. The molecule has 0 aliphatic rings. The van der Waals surface area contributed by atoms with Crippen molar-refractivity contribution in [3.05, 3.63) is 53.7 Å². The molecule has 0 saturated heterocycles. The predicted octanol–water partition coefficient (Wildman–Crippen LogP) is 2.50. The van der Waals surface area contributed by atoms with Crippen LogP contribution in [0.1, 0.15) is 21.5 Å². The molecule has 19 heavy (non-hydrogen) atoms. The maximum atomic E-state index is 11.2. The van der Waals surface area contributed by atoms with Gasteiger partial charge in [0.15, 0.2) is 0 Å². The maximum Gasteiger partial charge on any atom is 0.336 e. The summed E-state index contributed by atoms with van der Waals surface area (Å²) in [5.74, 6) is -0.618. The van der Waals surface area contributed by atoms with Crippen LogP contribution in [-0.2, 0) is 6.61 Å². The van der Waals surface area contributed by atoms with Crippen LogP contribution in [-0.4, -0.2) is 20.3 Å². The van der Waals surface area contributed by atoms with Gasteiger partial charge in [0.1, 0.15) is 6.61 Å². The number of carboxylic acid groups (broad SMARTS) is 1. The number of aromatic carboxylic acids is 1. The van der Waals surface area contributed by atoms with Crippen molar-refractivity contribution in [2.75, 3.05) is 0 Å². The third-order valence-electron chi connectivity index (χ3n) is 2.58. The van der Waals surface area contributed by atoms with Crippen LogP contribution in [0.3, 0.4) is 0 Å². The Balaban J connectivity index is 2.27. The molecule has 0 amide bonds. The lowest BCUT2D eigenvalue weighted by Gasteiger charge is -2.10. The number of hydrogen-bond acceptors (Lipinski definition) is 4. The Morgan fingerprint density at radius 2 is 2.32 bits per heavy atom. The van der Waals surface area contributed by atoms with Gasteiger partial charge in [-0.1, -0.05) is 24.8 Å². The van der Waals surface area contributed by atoms with Crippen molar-refractivity contribution >= 4 is 24.9 Å². The fraction of sp³-hybridized carbons (Fsp3) is 0.0769. The molecule has 0 fully saturated rings. The van der Waals surface area contributed by atoms with Crippen LogP contribution in [0.15, 0.2) is 37.0 Å². The van der Waals surface area contributed by atoms with Gasteiger partial charge in [0.05, 0.1) is 5.56 Å². The van der Waals surface area contributed by atoms with Gasteiger partial charge >= 0.3 is 5.97 Å². The number of benzene rings is 1. The van der Waals surface area contributed by atoms with Crippen molar-refractivity contribution in [2.45, 2.75) is 6.61 Å². The van der Waals surface area contributed by atoms with E-state index in [1.807, 2.05) is 0 Å². The zero-order valence-electron chi connectivity index (χ0n) is 9.98. The third kappa shape index (κ3) is 2.97. The van der Waals surface area contributed by atoms with Gasteiger partial charge in [0.25, 0.3) is 0 Å². The number of ether oxygens (including phenoxy) is 1. The minimum atomic E-state index is -0.998. The van der Waals surface area contributed by atoms with Gasteiger partial charge in [0.2, 0.25) is 5.88 Å². The average Bonchev–Trinajstić information content (AvgIpc) is 2.81. The number of rotatable bonds is 5. The molecule has 0 radical (unpaired) electrons.